The van der Waals surface area contributed by atoms with Crippen molar-refractivity contribution < 1.29 is 24.2 Å². The fraction of sp³-hybridized carbons (Fsp3) is 0.0625. The number of carboxylic acids is 1. The third kappa shape index (κ3) is 2.95. The molecule has 112 valence electrons. The van der Waals surface area contributed by atoms with Gasteiger partial charge in [-0.05, 0) is 17.7 Å². The number of rotatable bonds is 4. The number of carboxylic acid groups (broad SMARTS) is 1. The van der Waals surface area contributed by atoms with Crippen molar-refractivity contribution in [3.8, 4) is 16.9 Å². The number of carbonyl (C=O) groups is 3. The van der Waals surface area contributed by atoms with E-state index in [-0.39, 0.29) is 22.4 Å². The van der Waals surface area contributed by atoms with Gasteiger partial charge < -0.3 is 20.4 Å². The smallest absolute Gasteiger partial charge is 0.308 e. The number of hydrogen-bond donors (Lipinski definition) is 1. The van der Waals surface area contributed by atoms with Crippen molar-refractivity contribution in [1.29, 1.82) is 0 Å². The minimum absolute atomic E-state index is 0.177. The van der Waals surface area contributed by atoms with Gasteiger partial charge in [0.15, 0.2) is 0 Å². The van der Waals surface area contributed by atoms with E-state index in [1.54, 1.807) is 18.2 Å². The largest absolute Gasteiger partial charge is 0.545 e. The van der Waals surface area contributed by atoms with Crippen LogP contribution in [0.1, 0.15) is 27.6 Å². The summed E-state index contributed by atoms with van der Waals surface area (Å²) in [5.41, 5.74) is 5.87. The Labute approximate surface area is 126 Å². The van der Waals surface area contributed by atoms with Crippen LogP contribution >= 0.6 is 0 Å². The topological polar surface area (TPSA) is 110 Å². The standard InChI is InChI=1S/C16H13NO5/c1-9(18)22-14-11(7-4-8-13(14)16(20)21)10-5-2-3-6-12(10)15(17)19/h2-8H,1H3,(H2,17,19)(H,20,21)/p-1. The lowest BCUT2D eigenvalue weighted by atomic mass is 9.96. The minimum atomic E-state index is -1.49. The summed E-state index contributed by atoms with van der Waals surface area (Å²) in [6, 6.07) is 10.6. The van der Waals surface area contributed by atoms with E-state index in [0.717, 1.165) is 6.92 Å². The van der Waals surface area contributed by atoms with Gasteiger partial charge in [0.1, 0.15) is 5.75 Å². The van der Waals surface area contributed by atoms with Gasteiger partial charge in [0.2, 0.25) is 5.91 Å². The molecule has 2 aromatic rings. The van der Waals surface area contributed by atoms with Crippen molar-refractivity contribution in [2.24, 2.45) is 5.73 Å². The predicted molar refractivity (Wildman–Crippen MR) is 76.0 cm³/mol. The molecule has 0 saturated carbocycles. The van der Waals surface area contributed by atoms with E-state index < -0.39 is 17.8 Å². The zero-order chi connectivity index (χ0) is 16.3. The summed E-state index contributed by atoms with van der Waals surface area (Å²) in [6.07, 6.45) is 0. The Morgan fingerprint density at radius 2 is 1.55 bits per heavy atom. The van der Waals surface area contributed by atoms with Gasteiger partial charge in [0.05, 0.1) is 5.97 Å². The van der Waals surface area contributed by atoms with Crippen LogP contribution in [-0.4, -0.2) is 17.8 Å². The number of benzene rings is 2. The summed E-state index contributed by atoms with van der Waals surface area (Å²) in [4.78, 5) is 34.0. The van der Waals surface area contributed by atoms with Gasteiger partial charge in [-0.25, -0.2) is 0 Å². The van der Waals surface area contributed by atoms with Gasteiger partial charge >= 0.3 is 5.97 Å². The van der Waals surface area contributed by atoms with E-state index in [2.05, 4.69) is 0 Å². The van der Waals surface area contributed by atoms with Crippen molar-refractivity contribution in [3.63, 3.8) is 0 Å². The van der Waals surface area contributed by atoms with Crippen molar-refractivity contribution >= 4 is 17.8 Å². The molecule has 2 N–H and O–H groups in total. The highest BCUT2D eigenvalue weighted by molar-refractivity contribution is 6.02. The molecule has 1 amide bonds. The first-order valence-electron chi connectivity index (χ1n) is 6.33. The first-order valence-corrected chi connectivity index (χ1v) is 6.33. The van der Waals surface area contributed by atoms with E-state index >= 15 is 0 Å². The molecule has 2 aromatic carbocycles. The van der Waals surface area contributed by atoms with Crippen LogP contribution in [0.3, 0.4) is 0 Å². The summed E-state index contributed by atoms with van der Waals surface area (Å²) >= 11 is 0. The van der Waals surface area contributed by atoms with Crippen LogP contribution in [0, 0.1) is 0 Å². The molecule has 0 atom stereocenters. The normalized spacial score (nSPS) is 10.0. The predicted octanol–water partition coefficient (Wildman–Crippen LogP) is 0.741. The van der Waals surface area contributed by atoms with Crippen LogP contribution < -0.4 is 15.6 Å². The molecule has 0 aliphatic rings. The molecule has 0 spiro atoms. The number of amides is 1. The molecule has 0 radical (unpaired) electrons. The molecule has 0 aliphatic heterocycles. The van der Waals surface area contributed by atoms with Crippen molar-refractivity contribution in [3.05, 3.63) is 53.6 Å². The Morgan fingerprint density at radius 1 is 0.955 bits per heavy atom. The van der Waals surface area contributed by atoms with Gasteiger partial charge in [-0.15, -0.1) is 0 Å². The second-order valence-corrected chi connectivity index (χ2v) is 4.47. The molecule has 0 unspecified atom stereocenters. The molecule has 6 heteroatoms. The van der Waals surface area contributed by atoms with Crippen molar-refractivity contribution in [2.45, 2.75) is 6.92 Å². The number of aromatic carboxylic acids is 1. The Bertz CT molecular complexity index is 767. The summed E-state index contributed by atoms with van der Waals surface area (Å²) in [7, 11) is 0. The first-order chi connectivity index (χ1) is 10.4. The van der Waals surface area contributed by atoms with Crippen LogP contribution in [0.5, 0.6) is 5.75 Å². The average Bonchev–Trinajstić information content (AvgIpc) is 2.46. The highest BCUT2D eigenvalue weighted by Gasteiger charge is 2.18. The van der Waals surface area contributed by atoms with Crippen molar-refractivity contribution in [2.75, 3.05) is 0 Å². The number of primary amides is 1. The molecule has 0 aliphatic carbocycles. The van der Waals surface area contributed by atoms with Crippen LogP contribution in [0.4, 0.5) is 0 Å². The van der Waals surface area contributed by atoms with Crippen LogP contribution in [-0.2, 0) is 4.79 Å². The maximum atomic E-state index is 11.5. The van der Waals surface area contributed by atoms with E-state index in [1.165, 1.54) is 24.3 Å². The number of nitrogens with two attached hydrogens (primary N) is 1. The molecule has 0 fully saturated rings. The molecule has 22 heavy (non-hydrogen) atoms. The summed E-state index contributed by atoms with van der Waals surface area (Å²) < 4.78 is 5.02. The number of ether oxygens (including phenoxy) is 1. The minimum Gasteiger partial charge on any atom is -0.545 e. The molecular weight excluding hydrogens is 286 g/mol. The second kappa shape index (κ2) is 6.09. The Morgan fingerprint density at radius 3 is 2.14 bits per heavy atom. The van der Waals surface area contributed by atoms with Gasteiger partial charge in [0, 0.05) is 23.6 Å². The second-order valence-electron chi connectivity index (χ2n) is 4.47. The lowest BCUT2D eigenvalue weighted by molar-refractivity contribution is -0.255. The lowest BCUT2D eigenvalue weighted by Crippen LogP contribution is -2.24. The molecule has 2 rings (SSSR count). The highest BCUT2D eigenvalue weighted by atomic mass is 16.5. The molecule has 6 nitrogen and oxygen atoms in total. The van der Waals surface area contributed by atoms with Gasteiger partial charge in [0.25, 0.3) is 0 Å². The van der Waals surface area contributed by atoms with E-state index in [4.69, 9.17) is 10.5 Å². The van der Waals surface area contributed by atoms with Gasteiger partial charge in [-0.2, -0.15) is 0 Å². The van der Waals surface area contributed by atoms with Gasteiger partial charge in [-0.3, -0.25) is 9.59 Å². The van der Waals surface area contributed by atoms with E-state index in [0.29, 0.717) is 5.56 Å². The first kappa shape index (κ1) is 15.2. The number of esters is 1. The van der Waals surface area contributed by atoms with Crippen LogP contribution in [0.25, 0.3) is 11.1 Å². The molecule has 0 bridgehead atoms. The van der Waals surface area contributed by atoms with E-state index in [9.17, 15) is 19.5 Å². The third-order valence-electron chi connectivity index (χ3n) is 2.96. The molecule has 0 heterocycles. The molecule has 0 saturated heterocycles. The Hall–Kier alpha value is -3.15. The monoisotopic (exact) mass is 298 g/mol. The van der Waals surface area contributed by atoms with Gasteiger partial charge in [-0.1, -0.05) is 30.3 Å². The number of hydrogen-bond acceptors (Lipinski definition) is 5. The lowest BCUT2D eigenvalue weighted by Gasteiger charge is -2.16. The molecular formula is C16H12NO5-. The number of para-hydroxylation sites is 1. The quantitative estimate of drug-likeness (QED) is 0.661. The maximum Gasteiger partial charge on any atom is 0.308 e. The van der Waals surface area contributed by atoms with E-state index in [1.807, 2.05) is 0 Å². The van der Waals surface area contributed by atoms with Crippen molar-refractivity contribution in [1.82, 2.24) is 0 Å². The number of carbonyl (C=O) groups excluding carboxylic acids is 3. The fourth-order valence-corrected chi connectivity index (χ4v) is 2.10. The van der Waals surface area contributed by atoms with Crippen LogP contribution in [0.15, 0.2) is 42.5 Å². The maximum absolute atomic E-state index is 11.5. The zero-order valence-electron chi connectivity index (χ0n) is 11.7. The summed E-state index contributed by atoms with van der Waals surface area (Å²) in [5, 5.41) is 11.2. The molecule has 0 aromatic heterocycles. The fourth-order valence-electron chi connectivity index (χ4n) is 2.10. The zero-order valence-corrected chi connectivity index (χ0v) is 11.7. The third-order valence-corrected chi connectivity index (χ3v) is 2.96. The average molecular weight is 298 g/mol. The summed E-state index contributed by atoms with van der Waals surface area (Å²) in [6.45, 7) is 1.15. The van der Waals surface area contributed by atoms with Crippen LogP contribution in [0.2, 0.25) is 0 Å². The highest BCUT2D eigenvalue weighted by Crippen LogP contribution is 2.35. The Balaban J connectivity index is 2.75. The summed E-state index contributed by atoms with van der Waals surface area (Å²) in [5.74, 6) is -3.03. The Kier molecular flexibility index (Phi) is 4.22. The SMILES string of the molecule is CC(=O)Oc1c(C(=O)[O-])cccc1-c1ccccc1C(N)=O.